The fourth-order valence-corrected chi connectivity index (χ4v) is 2.86. The van der Waals surface area contributed by atoms with Crippen LogP contribution in [0.5, 0.6) is 0 Å². The van der Waals surface area contributed by atoms with Crippen molar-refractivity contribution in [2.75, 3.05) is 25.5 Å². The van der Waals surface area contributed by atoms with E-state index in [1.807, 2.05) is 32.0 Å². The lowest BCUT2D eigenvalue weighted by atomic mass is 9.97. The summed E-state index contributed by atoms with van der Waals surface area (Å²) in [5.41, 5.74) is 7.48. The van der Waals surface area contributed by atoms with Crippen molar-refractivity contribution in [1.29, 1.82) is 0 Å². The number of rotatable bonds is 9. The van der Waals surface area contributed by atoms with Crippen molar-refractivity contribution < 1.29 is 9.59 Å². The molecule has 0 heterocycles. The predicted molar refractivity (Wildman–Crippen MR) is 110 cm³/mol. The van der Waals surface area contributed by atoms with Gasteiger partial charge in [-0.1, -0.05) is 44.9 Å². The number of nitrogens with one attached hydrogen (secondary N) is 2. The summed E-state index contributed by atoms with van der Waals surface area (Å²) in [6.07, 6.45) is 5.20. The minimum Gasteiger partial charge on any atom is -0.385 e. The summed E-state index contributed by atoms with van der Waals surface area (Å²) in [4.78, 5) is 23.5. The summed E-state index contributed by atoms with van der Waals surface area (Å²) in [5.74, 6) is -0.192. The van der Waals surface area contributed by atoms with Gasteiger partial charge in [-0.25, -0.2) is 0 Å². The van der Waals surface area contributed by atoms with Gasteiger partial charge in [0, 0.05) is 41.2 Å². The van der Waals surface area contributed by atoms with Crippen molar-refractivity contribution in [1.82, 2.24) is 5.32 Å². The molecule has 0 aromatic heterocycles. The molecule has 26 heavy (non-hydrogen) atoms. The highest BCUT2D eigenvalue weighted by molar-refractivity contribution is 6.15. The summed E-state index contributed by atoms with van der Waals surface area (Å²) in [7, 11) is 1.59. The van der Waals surface area contributed by atoms with Crippen LogP contribution in [0.2, 0.25) is 0 Å². The van der Waals surface area contributed by atoms with Gasteiger partial charge < -0.3 is 16.4 Å². The minimum atomic E-state index is -0.192. The fourth-order valence-electron chi connectivity index (χ4n) is 2.86. The monoisotopic (exact) mass is 357 g/mol. The number of hydrogen-bond donors (Lipinski definition) is 3. The molecule has 0 saturated heterocycles. The van der Waals surface area contributed by atoms with E-state index >= 15 is 0 Å². The molecule has 0 aliphatic carbocycles. The second kappa shape index (κ2) is 12.0. The van der Waals surface area contributed by atoms with Crippen LogP contribution in [0.25, 0.3) is 10.8 Å². The van der Waals surface area contributed by atoms with Gasteiger partial charge in [-0.05, 0) is 31.5 Å². The fraction of sp³-hybridized carbons (Fsp3) is 0.429. The lowest BCUT2D eigenvalue weighted by molar-refractivity contribution is 0.0964. The molecule has 0 aliphatic heterocycles. The molecule has 0 fully saturated rings. The van der Waals surface area contributed by atoms with E-state index < -0.39 is 0 Å². The third-order valence-electron chi connectivity index (χ3n) is 4.12. The van der Waals surface area contributed by atoms with Crippen molar-refractivity contribution in [3.8, 4) is 0 Å². The van der Waals surface area contributed by atoms with Gasteiger partial charge in [0.1, 0.15) is 0 Å². The van der Waals surface area contributed by atoms with Crippen molar-refractivity contribution in [2.24, 2.45) is 5.73 Å². The van der Waals surface area contributed by atoms with Crippen molar-refractivity contribution in [3.63, 3.8) is 0 Å². The first-order valence-electron chi connectivity index (χ1n) is 9.40. The van der Waals surface area contributed by atoms with E-state index in [2.05, 4.69) is 10.6 Å². The van der Waals surface area contributed by atoms with Crippen LogP contribution in [0.1, 0.15) is 60.2 Å². The molecule has 1 amide bonds. The third-order valence-corrected chi connectivity index (χ3v) is 4.12. The first-order chi connectivity index (χ1) is 12.7. The SMILES string of the molecule is CC.CNC(=O)c1ccc(NCCCCCCN)c2cccc(C=O)c12. The Balaban J connectivity index is 0.00000163. The van der Waals surface area contributed by atoms with Crippen LogP contribution in [-0.2, 0) is 0 Å². The first-order valence-corrected chi connectivity index (χ1v) is 9.40. The molecular formula is C21H31N3O2. The summed E-state index contributed by atoms with van der Waals surface area (Å²) in [6.45, 7) is 5.60. The maximum Gasteiger partial charge on any atom is 0.251 e. The minimum absolute atomic E-state index is 0.192. The topological polar surface area (TPSA) is 84.2 Å². The largest absolute Gasteiger partial charge is 0.385 e. The Hall–Kier alpha value is -2.40. The maximum absolute atomic E-state index is 12.1. The Morgan fingerprint density at radius 3 is 2.46 bits per heavy atom. The molecule has 0 atom stereocenters. The van der Waals surface area contributed by atoms with Gasteiger partial charge in [-0.3, -0.25) is 9.59 Å². The van der Waals surface area contributed by atoms with Crippen molar-refractivity contribution in [2.45, 2.75) is 39.5 Å². The van der Waals surface area contributed by atoms with Crippen LogP contribution in [0, 0.1) is 0 Å². The van der Waals surface area contributed by atoms with Crippen LogP contribution in [0.4, 0.5) is 5.69 Å². The number of carbonyl (C=O) groups is 2. The number of unbranched alkanes of at least 4 members (excludes halogenated alkanes) is 3. The molecule has 0 saturated carbocycles. The summed E-state index contributed by atoms with van der Waals surface area (Å²) >= 11 is 0. The number of aldehydes is 1. The van der Waals surface area contributed by atoms with E-state index in [1.165, 1.54) is 0 Å². The van der Waals surface area contributed by atoms with Gasteiger partial charge in [-0.2, -0.15) is 0 Å². The zero-order valence-electron chi connectivity index (χ0n) is 16.1. The molecule has 0 aliphatic rings. The Bertz CT molecular complexity index is 714. The summed E-state index contributed by atoms with van der Waals surface area (Å²) in [6, 6.07) is 9.18. The Morgan fingerprint density at radius 1 is 1.08 bits per heavy atom. The maximum atomic E-state index is 12.1. The normalized spacial score (nSPS) is 10.0. The van der Waals surface area contributed by atoms with E-state index in [-0.39, 0.29) is 5.91 Å². The van der Waals surface area contributed by atoms with Crippen LogP contribution < -0.4 is 16.4 Å². The zero-order chi connectivity index (χ0) is 19.4. The zero-order valence-corrected chi connectivity index (χ0v) is 16.1. The quantitative estimate of drug-likeness (QED) is 0.468. The van der Waals surface area contributed by atoms with Gasteiger partial charge in [0.2, 0.25) is 0 Å². The average Bonchev–Trinajstić information content (AvgIpc) is 2.70. The average molecular weight is 357 g/mol. The van der Waals surface area contributed by atoms with Crippen LogP contribution >= 0.6 is 0 Å². The lowest BCUT2D eigenvalue weighted by Crippen LogP contribution is -2.18. The third kappa shape index (κ3) is 5.56. The molecule has 2 rings (SSSR count). The Morgan fingerprint density at radius 2 is 1.81 bits per heavy atom. The van der Waals surface area contributed by atoms with Crippen molar-refractivity contribution in [3.05, 3.63) is 41.5 Å². The smallest absolute Gasteiger partial charge is 0.251 e. The number of anilines is 1. The molecule has 142 valence electrons. The Labute approximate surface area is 156 Å². The molecule has 0 radical (unpaired) electrons. The highest BCUT2D eigenvalue weighted by atomic mass is 16.1. The molecule has 4 N–H and O–H groups in total. The van der Waals surface area contributed by atoms with Crippen molar-refractivity contribution >= 4 is 28.7 Å². The molecule has 2 aromatic rings. The number of fused-ring (bicyclic) bond motifs is 1. The standard InChI is InChI=1S/C19H25N3O2.C2H6/c1-21-19(24)16-9-10-17(22-12-5-3-2-4-11-20)15-8-6-7-14(13-23)18(15)16;1-2/h6-10,13,22H,2-5,11-12,20H2,1H3,(H,21,24);1-2H3. The number of hydrogen-bond acceptors (Lipinski definition) is 4. The number of carbonyl (C=O) groups excluding carboxylic acids is 2. The number of amides is 1. The van der Waals surface area contributed by atoms with Gasteiger partial charge in [0.15, 0.2) is 6.29 Å². The second-order valence-electron chi connectivity index (χ2n) is 5.76. The van der Waals surface area contributed by atoms with E-state index in [9.17, 15) is 9.59 Å². The molecule has 2 aromatic carbocycles. The molecule has 0 unspecified atom stereocenters. The summed E-state index contributed by atoms with van der Waals surface area (Å²) in [5, 5.41) is 7.64. The number of benzene rings is 2. The van der Waals surface area contributed by atoms with Gasteiger partial charge in [-0.15, -0.1) is 0 Å². The highest BCUT2D eigenvalue weighted by Gasteiger charge is 2.14. The molecule has 5 heteroatoms. The Kier molecular flexibility index (Phi) is 10.0. The van der Waals surface area contributed by atoms with Gasteiger partial charge >= 0.3 is 0 Å². The predicted octanol–water partition coefficient (Wildman–Crippen LogP) is 3.97. The molecular weight excluding hydrogens is 326 g/mol. The van der Waals surface area contributed by atoms with E-state index in [0.29, 0.717) is 16.5 Å². The van der Waals surface area contributed by atoms with Crippen LogP contribution in [0.15, 0.2) is 30.3 Å². The molecule has 5 nitrogen and oxygen atoms in total. The second-order valence-corrected chi connectivity index (χ2v) is 5.76. The highest BCUT2D eigenvalue weighted by Crippen LogP contribution is 2.29. The van der Waals surface area contributed by atoms with Crippen LogP contribution in [-0.4, -0.2) is 32.3 Å². The first kappa shape index (κ1) is 21.6. The van der Waals surface area contributed by atoms with Gasteiger partial charge in [0.25, 0.3) is 5.91 Å². The number of nitrogens with two attached hydrogens (primary N) is 1. The van der Waals surface area contributed by atoms with E-state index in [4.69, 9.17) is 5.73 Å². The van der Waals surface area contributed by atoms with Gasteiger partial charge in [0.05, 0.1) is 0 Å². The van der Waals surface area contributed by atoms with Crippen LogP contribution in [0.3, 0.4) is 0 Å². The van der Waals surface area contributed by atoms with E-state index in [0.717, 1.165) is 56.1 Å². The lowest BCUT2D eigenvalue weighted by Gasteiger charge is -2.14. The van der Waals surface area contributed by atoms with E-state index in [1.54, 1.807) is 19.2 Å². The molecule has 0 bridgehead atoms. The summed E-state index contributed by atoms with van der Waals surface area (Å²) < 4.78 is 0. The molecule has 0 spiro atoms.